The van der Waals surface area contributed by atoms with Crippen LogP contribution in [0.25, 0.3) is 22.6 Å². The van der Waals surface area contributed by atoms with Crippen molar-refractivity contribution in [2.75, 3.05) is 12.4 Å². The molecule has 184 valence electrons. The first-order valence-corrected chi connectivity index (χ1v) is 11.7. The minimum absolute atomic E-state index is 0.0469. The van der Waals surface area contributed by atoms with Gasteiger partial charge in [-0.2, -0.15) is 0 Å². The van der Waals surface area contributed by atoms with E-state index in [1.54, 1.807) is 12.1 Å². The summed E-state index contributed by atoms with van der Waals surface area (Å²) in [4.78, 5) is 27.7. The monoisotopic (exact) mass is 504 g/mol. The number of benzene rings is 3. The quantitative estimate of drug-likeness (QED) is 0.177. The van der Waals surface area contributed by atoms with Gasteiger partial charge < -0.3 is 14.5 Å². The Labute approximate surface area is 212 Å². The van der Waals surface area contributed by atoms with Crippen LogP contribution in [0, 0.1) is 10.1 Å². The standard InChI is InChI=1S/C26H24N4O5S/c1-4-15(2)17-7-11-22-20(13-17)28-25(35-22)16-5-9-19(10-6-16)27-26(36)29-24(31)18-8-12-23(34-3)21(14-18)30(32)33/h5-15H,4H2,1-3H3,(H2,27,29,31,36)/t15-/m0/s1. The van der Waals surface area contributed by atoms with Crippen LogP contribution in [-0.2, 0) is 0 Å². The highest BCUT2D eigenvalue weighted by molar-refractivity contribution is 7.80. The van der Waals surface area contributed by atoms with Crippen LogP contribution < -0.4 is 15.4 Å². The molecule has 0 unspecified atom stereocenters. The maximum Gasteiger partial charge on any atom is 0.311 e. The van der Waals surface area contributed by atoms with Crippen LogP contribution in [0.4, 0.5) is 11.4 Å². The number of carbonyl (C=O) groups is 1. The number of amides is 1. The van der Waals surface area contributed by atoms with Crippen molar-refractivity contribution in [2.24, 2.45) is 0 Å². The van der Waals surface area contributed by atoms with Gasteiger partial charge in [-0.3, -0.25) is 20.2 Å². The summed E-state index contributed by atoms with van der Waals surface area (Å²) in [6.07, 6.45) is 1.05. The van der Waals surface area contributed by atoms with Gasteiger partial charge in [-0.05, 0) is 78.7 Å². The molecule has 1 atom stereocenters. The Morgan fingerprint density at radius 3 is 2.58 bits per heavy atom. The third-order valence-electron chi connectivity index (χ3n) is 5.85. The first kappa shape index (κ1) is 24.8. The molecule has 36 heavy (non-hydrogen) atoms. The lowest BCUT2D eigenvalue weighted by molar-refractivity contribution is -0.385. The van der Waals surface area contributed by atoms with Gasteiger partial charge in [0.1, 0.15) is 5.52 Å². The predicted molar refractivity (Wildman–Crippen MR) is 141 cm³/mol. The molecule has 9 nitrogen and oxygen atoms in total. The second-order valence-corrected chi connectivity index (χ2v) is 8.59. The summed E-state index contributed by atoms with van der Waals surface area (Å²) >= 11 is 5.23. The van der Waals surface area contributed by atoms with Crippen LogP contribution in [0.15, 0.2) is 65.1 Å². The Kier molecular flexibility index (Phi) is 7.25. The summed E-state index contributed by atoms with van der Waals surface area (Å²) in [6, 6.07) is 17.2. The normalized spacial score (nSPS) is 11.6. The molecule has 1 heterocycles. The first-order valence-electron chi connectivity index (χ1n) is 11.2. The highest BCUT2D eigenvalue weighted by atomic mass is 32.1. The van der Waals surface area contributed by atoms with Crippen molar-refractivity contribution in [1.82, 2.24) is 10.3 Å². The van der Waals surface area contributed by atoms with Crippen LogP contribution in [-0.4, -0.2) is 28.0 Å². The van der Waals surface area contributed by atoms with Crippen molar-refractivity contribution in [1.29, 1.82) is 0 Å². The van der Waals surface area contributed by atoms with Crippen molar-refractivity contribution in [3.63, 3.8) is 0 Å². The zero-order valence-electron chi connectivity index (χ0n) is 19.9. The SMILES string of the molecule is CC[C@H](C)c1ccc2oc(-c3ccc(NC(=S)NC(=O)c4ccc(OC)c([N+](=O)[O-])c4)cc3)nc2c1. The molecule has 10 heteroatoms. The van der Waals surface area contributed by atoms with Crippen LogP contribution >= 0.6 is 12.2 Å². The van der Waals surface area contributed by atoms with E-state index in [9.17, 15) is 14.9 Å². The molecular weight excluding hydrogens is 480 g/mol. The second kappa shape index (κ2) is 10.5. The van der Waals surface area contributed by atoms with Gasteiger partial charge >= 0.3 is 5.69 Å². The topological polar surface area (TPSA) is 120 Å². The number of rotatable bonds is 7. The third-order valence-corrected chi connectivity index (χ3v) is 6.05. The molecular formula is C26H24N4O5S. The Bertz CT molecular complexity index is 1450. The number of methoxy groups -OCH3 is 1. The highest BCUT2D eigenvalue weighted by Gasteiger charge is 2.19. The number of hydrogen-bond acceptors (Lipinski definition) is 7. The number of oxazole rings is 1. The molecule has 1 aromatic heterocycles. The number of nitrogens with one attached hydrogen (secondary N) is 2. The van der Waals surface area contributed by atoms with E-state index in [0.29, 0.717) is 17.5 Å². The van der Waals surface area contributed by atoms with E-state index in [-0.39, 0.29) is 22.1 Å². The highest BCUT2D eigenvalue weighted by Crippen LogP contribution is 2.29. The largest absolute Gasteiger partial charge is 0.490 e. The van der Waals surface area contributed by atoms with E-state index < -0.39 is 10.8 Å². The molecule has 0 aliphatic carbocycles. The number of anilines is 1. The number of aromatic nitrogens is 1. The fourth-order valence-electron chi connectivity index (χ4n) is 3.62. The van der Waals surface area contributed by atoms with Crippen molar-refractivity contribution in [3.05, 3.63) is 81.9 Å². The molecule has 0 spiro atoms. The predicted octanol–water partition coefficient (Wildman–Crippen LogP) is 6.05. The number of nitro groups is 1. The van der Waals surface area contributed by atoms with E-state index in [1.165, 1.54) is 24.8 Å². The van der Waals surface area contributed by atoms with Gasteiger partial charge in [0.2, 0.25) is 5.89 Å². The van der Waals surface area contributed by atoms with Crippen molar-refractivity contribution in [2.45, 2.75) is 26.2 Å². The lowest BCUT2D eigenvalue weighted by atomic mass is 9.98. The molecule has 0 saturated heterocycles. The molecule has 4 rings (SSSR count). The van der Waals surface area contributed by atoms with E-state index in [4.69, 9.17) is 21.4 Å². The smallest absolute Gasteiger partial charge is 0.311 e. The van der Waals surface area contributed by atoms with Crippen LogP contribution in [0.5, 0.6) is 5.75 Å². The number of nitro benzene ring substituents is 1. The molecule has 4 aromatic rings. The summed E-state index contributed by atoms with van der Waals surface area (Å²) in [5.41, 5.74) is 3.96. The Hall–Kier alpha value is -4.31. The lowest BCUT2D eigenvalue weighted by Crippen LogP contribution is -2.34. The molecule has 0 aliphatic rings. The molecule has 0 radical (unpaired) electrons. The van der Waals surface area contributed by atoms with Gasteiger partial charge in [-0.15, -0.1) is 0 Å². The molecule has 0 aliphatic heterocycles. The molecule has 0 bridgehead atoms. The van der Waals surface area contributed by atoms with Crippen molar-refractivity contribution < 1.29 is 18.9 Å². The lowest BCUT2D eigenvalue weighted by Gasteiger charge is -2.10. The Balaban J connectivity index is 1.43. The number of ether oxygens (including phenoxy) is 1. The van der Waals surface area contributed by atoms with E-state index in [1.807, 2.05) is 18.2 Å². The zero-order chi connectivity index (χ0) is 25.8. The van der Waals surface area contributed by atoms with E-state index in [2.05, 4.69) is 41.6 Å². The third kappa shape index (κ3) is 5.33. The van der Waals surface area contributed by atoms with Gasteiger partial charge in [0.25, 0.3) is 5.91 Å². The van der Waals surface area contributed by atoms with Gasteiger partial charge in [-0.1, -0.05) is 19.9 Å². The maximum atomic E-state index is 12.5. The zero-order valence-corrected chi connectivity index (χ0v) is 20.7. The van der Waals surface area contributed by atoms with Crippen LogP contribution in [0.3, 0.4) is 0 Å². The number of hydrogen-bond donors (Lipinski definition) is 2. The second-order valence-electron chi connectivity index (χ2n) is 8.18. The first-order chi connectivity index (χ1) is 17.3. The van der Waals surface area contributed by atoms with E-state index in [0.717, 1.165) is 29.2 Å². The van der Waals surface area contributed by atoms with E-state index >= 15 is 0 Å². The van der Waals surface area contributed by atoms with Crippen molar-refractivity contribution >= 4 is 45.7 Å². The summed E-state index contributed by atoms with van der Waals surface area (Å²) < 4.78 is 10.9. The average Bonchev–Trinajstić information content (AvgIpc) is 3.31. The molecule has 0 saturated carbocycles. The van der Waals surface area contributed by atoms with Gasteiger partial charge in [-0.25, -0.2) is 4.98 Å². The maximum absolute atomic E-state index is 12.5. The fourth-order valence-corrected chi connectivity index (χ4v) is 3.83. The van der Waals surface area contributed by atoms with Crippen molar-refractivity contribution in [3.8, 4) is 17.2 Å². The summed E-state index contributed by atoms with van der Waals surface area (Å²) in [5.74, 6) is 0.434. The Morgan fingerprint density at radius 1 is 1.17 bits per heavy atom. The van der Waals surface area contributed by atoms with Crippen LogP contribution in [0.2, 0.25) is 0 Å². The number of carbonyl (C=O) groups excluding carboxylic acids is 1. The number of fused-ring (bicyclic) bond motifs is 1. The van der Waals surface area contributed by atoms with Crippen LogP contribution in [0.1, 0.15) is 42.1 Å². The Morgan fingerprint density at radius 2 is 1.92 bits per heavy atom. The van der Waals surface area contributed by atoms with Gasteiger partial charge in [0, 0.05) is 22.9 Å². The number of nitrogens with zero attached hydrogens (tertiary/aromatic N) is 2. The number of thiocarbonyl (C=S) groups is 1. The average molecular weight is 505 g/mol. The summed E-state index contributed by atoms with van der Waals surface area (Å²) in [7, 11) is 1.32. The van der Waals surface area contributed by atoms with Gasteiger partial charge in [0.05, 0.1) is 12.0 Å². The minimum Gasteiger partial charge on any atom is -0.490 e. The van der Waals surface area contributed by atoms with Gasteiger partial charge in [0.15, 0.2) is 16.4 Å². The molecule has 3 aromatic carbocycles. The molecule has 1 amide bonds. The minimum atomic E-state index is -0.616. The summed E-state index contributed by atoms with van der Waals surface area (Å²) in [5, 5.41) is 16.7. The molecule has 0 fully saturated rings. The fraction of sp³-hybridized carbons (Fsp3) is 0.192. The molecule has 2 N–H and O–H groups in total. The summed E-state index contributed by atoms with van der Waals surface area (Å²) in [6.45, 7) is 4.34.